The lowest BCUT2D eigenvalue weighted by Crippen LogP contribution is -2.21. The SMILES string of the molecule is CC.CN(C)C(=O)c1ccc(Nc2ccc(-c3cc[nH]c(=O)c3)n3ccnc23)cc1. The lowest BCUT2D eigenvalue weighted by Gasteiger charge is -2.13. The number of benzene rings is 1. The van der Waals surface area contributed by atoms with E-state index in [1.54, 1.807) is 49.6 Å². The number of aromatic amines is 1. The molecule has 0 aliphatic rings. The average Bonchev–Trinajstić information content (AvgIpc) is 3.26. The van der Waals surface area contributed by atoms with Gasteiger partial charge in [0.1, 0.15) is 0 Å². The maximum absolute atomic E-state index is 12.0. The summed E-state index contributed by atoms with van der Waals surface area (Å²) in [6.45, 7) is 4.00. The lowest BCUT2D eigenvalue weighted by atomic mass is 10.1. The number of hydrogen-bond acceptors (Lipinski definition) is 4. The molecule has 0 aliphatic heterocycles. The Morgan fingerprint density at radius 1 is 1.07 bits per heavy atom. The molecule has 0 unspecified atom stereocenters. The Balaban J connectivity index is 0.00000124. The first-order valence-electron chi connectivity index (χ1n) is 9.77. The Morgan fingerprint density at radius 3 is 2.47 bits per heavy atom. The van der Waals surface area contributed by atoms with E-state index in [4.69, 9.17) is 0 Å². The van der Waals surface area contributed by atoms with Crippen LogP contribution in [0.2, 0.25) is 0 Å². The summed E-state index contributed by atoms with van der Waals surface area (Å²) < 4.78 is 1.93. The highest BCUT2D eigenvalue weighted by Crippen LogP contribution is 2.27. The number of fused-ring (bicyclic) bond motifs is 1. The monoisotopic (exact) mass is 403 g/mol. The maximum Gasteiger partial charge on any atom is 0.253 e. The molecule has 0 saturated carbocycles. The van der Waals surface area contributed by atoms with E-state index in [1.807, 2.05) is 54.8 Å². The van der Waals surface area contributed by atoms with Gasteiger partial charge in [-0.3, -0.25) is 14.0 Å². The molecule has 7 heteroatoms. The topological polar surface area (TPSA) is 82.5 Å². The number of amides is 1. The zero-order chi connectivity index (χ0) is 21.7. The van der Waals surface area contributed by atoms with Gasteiger partial charge >= 0.3 is 0 Å². The number of anilines is 2. The van der Waals surface area contributed by atoms with Crippen LogP contribution in [0.5, 0.6) is 0 Å². The fourth-order valence-electron chi connectivity index (χ4n) is 3.06. The molecular weight excluding hydrogens is 378 g/mol. The molecule has 3 heterocycles. The highest BCUT2D eigenvalue weighted by atomic mass is 16.2. The number of nitrogens with one attached hydrogen (secondary N) is 2. The van der Waals surface area contributed by atoms with Crippen molar-refractivity contribution in [2.75, 3.05) is 19.4 Å². The van der Waals surface area contributed by atoms with E-state index in [1.165, 1.54) is 0 Å². The predicted molar refractivity (Wildman–Crippen MR) is 120 cm³/mol. The summed E-state index contributed by atoms with van der Waals surface area (Å²) in [4.78, 5) is 32.3. The van der Waals surface area contributed by atoms with Crippen molar-refractivity contribution in [2.45, 2.75) is 13.8 Å². The molecule has 4 rings (SSSR count). The fourth-order valence-corrected chi connectivity index (χ4v) is 3.06. The number of carbonyl (C=O) groups excluding carboxylic acids is 1. The number of pyridine rings is 2. The summed E-state index contributed by atoms with van der Waals surface area (Å²) in [6, 6.07) is 14.6. The second kappa shape index (κ2) is 9.09. The zero-order valence-electron chi connectivity index (χ0n) is 17.5. The molecule has 7 nitrogen and oxygen atoms in total. The van der Waals surface area contributed by atoms with Crippen LogP contribution >= 0.6 is 0 Å². The first-order chi connectivity index (χ1) is 14.5. The van der Waals surface area contributed by atoms with E-state index in [0.29, 0.717) is 5.56 Å². The standard InChI is InChI=1S/C21H19N5O2.C2H6/c1-25(2)21(28)14-3-5-16(6-4-14)24-17-7-8-18(26-12-11-23-20(17)26)15-9-10-22-19(27)13-15;1-2/h3-13,24H,1-2H3,(H,22,27);1-2H3. The van der Waals surface area contributed by atoms with E-state index < -0.39 is 0 Å². The maximum atomic E-state index is 12.0. The van der Waals surface area contributed by atoms with Crippen LogP contribution in [0.15, 0.2) is 71.9 Å². The number of nitrogens with zero attached hydrogens (tertiary/aromatic N) is 3. The molecule has 1 amide bonds. The van der Waals surface area contributed by atoms with Crippen LogP contribution in [0.25, 0.3) is 16.9 Å². The minimum Gasteiger partial charge on any atom is -0.352 e. The molecule has 154 valence electrons. The molecule has 30 heavy (non-hydrogen) atoms. The van der Waals surface area contributed by atoms with Crippen molar-refractivity contribution in [1.82, 2.24) is 19.3 Å². The summed E-state index contributed by atoms with van der Waals surface area (Å²) in [5.41, 5.74) is 4.58. The van der Waals surface area contributed by atoms with Crippen LogP contribution < -0.4 is 10.9 Å². The lowest BCUT2D eigenvalue weighted by molar-refractivity contribution is 0.0827. The van der Waals surface area contributed by atoms with Crippen molar-refractivity contribution in [2.24, 2.45) is 0 Å². The third-order valence-electron chi connectivity index (χ3n) is 4.44. The molecule has 3 aromatic heterocycles. The normalized spacial score (nSPS) is 10.3. The highest BCUT2D eigenvalue weighted by Gasteiger charge is 2.11. The van der Waals surface area contributed by atoms with Gasteiger partial charge in [0.25, 0.3) is 5.91 Å². The zero-order valence-corrected chi connectivity index (χ0v) is 17.5. The second-order valence-electron chi connectivity index (χ2n) is 6.60. The predicted octanol–water partition coefficient (Wildman–Crippen LogP) is 4.16. The quantitative estimate of drug-likeness (QED) is 0.536. The van der Waals surface area contributed by atoms with Crippen LogP contribution in [0.4, 0.5) is 11.4 Å². The van der Waals surface area contributed by atoms with Crippen LogP contribution in [0.1, 0.15) is 24.2 Å². The summed E-state index contributed by atoms with van der Waals surface area (Å²) >= 11 is 0. The van der Waals surface area contributed by atoms with Crippen molar-refractivity contribution in [3.63, 3.8) is 0 Å². The molecule has 0 atom stereocenters. The van der Waals surface area contributed by atoms with E-state index in [-0.39, 0.29) is 11.5 Å². The molecule has 1 aromatic carbocycles. The summed E-state index contributed by atoms with van der Waals surface area (Å²) in [6.07, 6.45) is 5.20. The Labute approximate surface area is 175 Å². The first-order valence-corrected chi connectivity index (χ1v) is 9.77. The van der Waals surface area contributed by atoms with Gasteiger partial charge < -0.3 is 15.2 Å². The number of carbonyl (C=O) groups is 1. The number of H-pyrrole nitrogens is 1. The minimum atomic E-state index is -0.152. The van der Waals surface area contributed by atoms with Gasteiger partial charge in [-0.05, 0) is 42.5 Å². The van der Waals surface area contributed by atoms with Crippen LogP contribution in [-0.4, -0.2) is 39.3 Å². The third-order valence-corrected chi connectivity index (χ3v) is 4.44. The van der Waals surface area contributed by atoms with Gasteiger partial charge in [0, 0.05) is 55.6 Å². The molecule has 0 bridgehead atoms. The average molecular weight is 403 g/mol. The summed E-state index contributed by atoms with van der Waals surface area (Å²) in [5, 5.41) is 3.34. The Kier molecular flexibility index (Phi) is 6.32. The van der Waals surface area contributed by atoms with Gasteiger partial charge in [-0.1, -0.05) is 13.8 Å². The molecular formula is C23H25N5O2. The first kappa shape index (κ1) is 20.9. The van der Waals surface area contributed by atoms with Crippen molar-refractivity contribution in [3.05, 3.63) is 83.0 Å². The van der Waals surface area contributed by atoms with Gasteiger partial charge in [0.2, 0.25) is 5.56 Å². The summed E-state index contributed by atoms with van der Waals surface area (Å²) in [7, 11) is 3.46. The molecule has 2 N–H and O–H groups in total. The number of aromatic nitrogens is 3. The molecule has 4 aromatic rings. The molecule has 0 aliphatic carbocycles. The smallest absolute Gasteiger partial charge is 0.253 e. The fraction of sp³-hybridized carbons (Fsp3) is 0.174. The Morgan fingerprint density at radius 2 is 1.80 bits per heavy atom. The van der Waals surface area contributed by atoms with Crippen LogP contribution in [0.3, 0.4) is 0 Å². The third kappa shape index (κ3) is 4.25. The van der Waals surface area contributed by atoms with Crippen LogP contribution in [0, 0.1) is 0 Å². The van der Waals surface area contributed by atoms with Gasteiger partial charge in [0.05, 0.1) is 11.4 Å². The van der Waals surface area contributed by atoms with Gasteiger partial charge in [0.15, 0.2) is 5.65 Å². The summed E-state index contributed by atoms with van der Waals surface area (Å²) in [5.74, 6) is -0.0376. The van der Waals surface area contributed by atoms with E-state index in [0.717, 1.165) is 28.3 Å². The van der Waals surface area contributed by atoms with Crippen molar-refractivity contribution >= 4 is 22.9 Å². The van der Waals surface area contributed by atoms with Crippen molar-refractivity contribution < 1.29 is 4.79 Å². The molecule has 0 spiro atoms. The van der Waals surface area contributed by atoms with Gasteiger partial charge in [-0.25, -0.2) is 4.98 Å². The van der Waals surface area contributed by atoms with E-state index >= 15 is 0 Å². The van der Waals surface area contributed by atoms with E-state index in [2.05, 4.69) is 15.3 Å². The number of imidazole rings is 1. The van der Waals surface area contributed by atoms with Gasteiger partial charge in [-0.15, -0.1) is 0 Å². The van der Waals surface area contributed by atoms with Crippen molar-refractivity contribution in [3.8, 4) is 11.3 Å². The molecule has 0 radical (unpaired) electrons. The molecule has 0 fully saturated rings. The van der Waals surface area contributed by atoms with Gasteiger partial charge in [-0.2, -0.15) is 0 Å². The highest BCUT2D eigenvalue weighted by molar-refractivity contribution is 5.94. The van der Waals surface area contributed by atoms with Crippen molar-refractivity contribution in [1.29, 1.82) is 0 Å². The number of rotatable bonds is 4. The Bertz CT molecular complexity index is 1210. The second-order valence-corrected chi connectivity index (χ2v) is 6.60. The molecule has 0 saturated heterocycles. The van der Waals surface area contributed by atoms with Crippen LogP contribution in [-0.2, 0) is 0 Å². The van der Waals surface area contributed by atoms with E-state index in [9.17, 15) is 9.59 Å². The number of hydrogen-bond donors (Lipinski definition) is 2. The largest absolute Gasteiger partial charge is 0.352 e. The Hall–Kier alpha value is -3.87. The minimum absolute atomic E-state index is 0.0376.